The molecule has 0 aliphatic carbocycles. The third-order valence-corrected chi connectivity index (χ3v) is 5.21. The normalized spacial score (nSPS) is 15.8. The zero-order chi connectivity index (χ0) is 21.3. The molecule has 3 rings (SSSR count). The van der Waals surface area contributed by atoms with E-state index in [0.717, 1.165) is 49.2 Å². The molecule has 0 bridgehead atoms. The number of rotatable bonds is 8. The highest BCUT2D eigenvalue weighted by Gasteiger charge is 2.23. The van der Waals surface area contributed by atoms with Crippen LogP contribution in [0.3, 0.4) is 0 Å². The van der Waals surface area contributed by atoms with E-state index in [9.17, 15) is 0 Å². The number of benzene rings is 2. The summed E-state index contributed by atoms with van der Waals surface area (Å²) < 4.78 is 16.4. The number of guanidine groups is 1. The first-order valence-electron chi connectivity index (χ1n) is 10.3. The van der Waals surface area contributed by atoms with Gasteiger partial charge in [0.15, 0.2) is 17.5 Å². The molecule has 1 fully saturated rings. The Labute approximate surface area is 202 Å². The van der Waals surface area contributed by atoms with E-state index in [1.165, 1.54) is 5.69 Å². The maximum absolute atomic E-state index is 5.58. The number of ether oxygens (including phenoxy) is 3. The van der Waals surface area contributed by atoms with Crippen LogP contribution in [0.4, 0.5) is 11.4 Å². The molecule has 0 aromatic heterocycles. The first kappa shape index (κ1) is 24.9. The summed E-state index contributed by atoms with van der Waals surface area (Å²) in [6, 6.07) is 14.0. The number of anilines is 2. The van der Waals surface area contributed by atoms with Gasteiger partial charge in [0.05, 0.1) is 20.8 Å². The monoisotopic (exact) mass is 540 g/mol. The van der Waals surface area contributed by atoms with Crippen LogP contribution in [-0.2, 0) is 0 Å². The molecular weight excluding hydrogens is 507 g/mol. The van der Waals surface area contributed by atoms with Crippen LogP contribution < -0.4 is 29.7 Å². The largest absolute Gasteiger partial charge is 0.497 e. The van der Waals surface area contributed by atoms with Gasteiger partial charge in [-0.3, -0.25) is 4.99 Å². The summed E-state index contributed by atoms with van der Waals surface area (Å²) in [5, 5.41) is 6.77. The highest BCUT2D eigenvalue weighted by molar-refractivity contribution is 14.0. The van der Waals surface area contributed by atoms with Crippen molar-refractivity contribution in [3.63, 3.8) is 0 Å². The van der Waals surface area contributed by atoms with E-state index >= 15 is 0 Å². The maximum Gasteiger partial charge on any atom is 0.195 e. The van der Waals surface area contributed by atoms with Gasteiger partial charge in [0, 0.05) is 50.2 Å². The maximum atomic E-state index is 5.58. The Kier molecular flexibility index (Phi) is 10.0. The van der Waals surface area contributed by atoms with Gasteiger partial charge in [-0.25, -0.2) is 0 Å². The predicted octanol–water partition coefficient (Wildman–Crippen LogP) is 4.23. The van der Waals surface area contributed by atoms with E-state index in [4.69, 9.17) is 14.2 Å². The summed E-state index contributed by atoms with van der Waals surface area (Å²) in [5.41, 5.74) is 2.11. The fraction of sp³-hybridized carbons (Fsp3) is 0.435. The van der Waals surface area contributed by atoms with Crippen LogP contribution in [-0.4, -0.2) is 53.5 Å². The molecule has 1 aliphatic rings. The Morgan fingerprint density at radius 1 is 1.13 bits per heavy atom. The van der Waals surface area contributed by atoms with Crippen LogP contribution in [0.1, 0.15) is 13.3 Å². The minimum Gasteiger partial charge on any atom is -0.497 e. The summed E-state index contributed by atoms with van der Waals surface area (Å²) in [7, 11) is 5.12. The van der Waals surface area contributed by atoms with Crippen LogP contribution in [0, 0.1) is 5.92 Å². The van der Waals surface area contributed by atoms with Gasteiger partial charge in [-0.15, -0.1) is 24.0 Å². The number of aliphatic imine (C=N–C) groups is 1. The van der Waals surface area contributed by atoms with Crippen molar-refractivity contribution >= 4 is 41.3 Å². The second-order valence-electron chi connectivity index (χ2n) is 7.18. The average molecular weight is 540 g/mol. The van der Waals surface area contributed by atoms with Crippen molar-refractivity contribution in [2.75, 3.05) is 57.7 Å². The molecule has 0 saturated carbocycles. The molecule has 2 aromatic rings. The number of nitrogens with one attached hydrogen (secondary N) is 2. The lowest BCUT2D eigenvalue weighted by molar-refractivity contribution is 0.311. The lowest BCUT2D eigenvalue weighted by atomic mass is 10.1. The molecule has 1 saturated heterocycles. The van der Waals surface area contributed by atoms with E-state index in [1.807, 2.05) is 37.3 Å². The van der Waals surface area contributed by atoms with Gasteiger partial charge in [-0.2, -0.15) is 0 Å². The fourth-order valence-electron chi connectivity index (χ4n) is 3.62. The molecule has 7 nitrogen and oxygen atoms in total. The summed E-state index contributed by atoms with van der Waals surface area (Å²) in [6.45, 7) is 5.46. The molecule has 31 heavy (non-hydrogen) atoms. The molecule has 2 aromatic carbocycles. The van der Waals surface area contributed by atoms with Gasteiger partial charge >= 0.3 is 0 Å². The third kappa shape index (κ3) is 6.81. The molecule has 0 amide bonds. The minimum atomic E-state index is 0. The van der Waals surface area contributed by atoms with Gasteiger partial charge in [-0.1, -0.05) is 6.07 Å². The summed E-state index contributed by atoms with van der Waals surface area (Å²) in [4.78, 5) is 6.76. The number of halogens is 1. The molecule has 2 N–H and O–H groups in total. The molecule has 1 unspecified atom stereocenters. The SMILES string of the molecule is CCOc1ccc(NC(=NC)NCC2CCN(c3cccc(OC)c3)C2)cc1OC.I. The standard InChI is InChI=1S/C23H32N4O3.HI/c1-5-30-21-10-9-18(13-22(21)29-4)26-23(24-2)25-15-17-11-12-27(16-17)19-7-6-8-20(14-19)28-3;/h6-10,13-14,17H,5,11-12,15-16H2,1-4H3,(H2,24,25,26);1H. The second kappa shape index (κ2) is 12.5. The highest BCUT2D eigenvalue weighted by atomic mass is 127. The number of hydrogen-bond acceptors (Lipinski definition) is 5. The van der Waals surface area contributed by atoms with Gasteiger partial charge in [0.2, 0.25) is 0 Å². The molecule has 170 valence electrons. The van der Waals surface area contributed by atoms with Crippen LogP contribution in [0.2, 0.25) is 0 Å². The third-order valence-electron chi connectivity index (χ3n) is 5.21. The Hall–Kier alpha value is -2.36. The smallest absolute Gasteiger partial charge is 0.195 e. The highest BCUT2D eigenvalue weighted by Crippen LogP contribution is 2.30. The zero-order valence-electron chi connectivity index (χ0n) is 18.7. The van der Waals surface area contributed by atoms with Crippen molar-refractivity contribution in [2.45, 2.75) is 13.3 Å². The average Bonchev–Trinajstić information content (AvgIpc) is 3.26. The van der Waals surface area contributed by atoms with E-state index in [-0.39, 0.29) is 24.0 Å². The van der Waals surface area contributed by atoms with E-state index in [1.54, 1.807) is 21.3 Å². The Bertz CT molecular complexity index is 862. The quantitative estimate of drug-likeness (QED) is 0.297. The van der Waals surface area contributed by atoms with Crippen LogP contribution in [0.5, 0.6) is 17.2 Å². The molecule has 0 spiro atoms. The van der Waals surface area contributed by atoms with E-state index < -0.39 is 0 Å². The Morgan fingerprint density at radius 2 is 1.97 bits per heavy atom. The van der Waals surface area contributed by atoms with Crippen LogP contribution >= 0.6 is 24.0 Å². The Morgan fingerprint density at radius 3 is 2.68 bits per heavy atom. The molecule has 1 atom stereocenters. The summed E-state index contributed by atoms with van der Waals surface area (Å²) in [5.74, 6) is 3.61. The van der Waals surface area contributed by atoms with Gasteiger partial charge in [-0.05, 0) is 43.5 Å². The molecule has 1 heterocycles. The molecular formula is C23H33IN4O3. The van der Waals surface area contributed by atoms with Gasteiger partial charge < -0.3 is 29.7 Å². The van der Waals surface area contributed by atoms with Crippen LogP contribution in [0.25, 0.3) is 0 Å². The first-order valence-corrected chi connectivity index (χ1v) is 10.3. The lowest BCUT2D eigenvalue weighted by Crippen LogP contribution is -2.35. The van der Waals surface area contributed by atoms with Crippen LogP contribution in [0.15, 0.2) is 47.5 Å². The number of hydrogen-bond donors (Lipinski definition) is 2. The number of methoxy groups -OCH3 is 2. The summed E-state index contributed by atoms with van der Waals surface area (Å²) in [6.07, 6.45) is 1.14. The molecule has 1 aliphatic heterocycles. The first-order chi connectivity index (χ1) is 14.7. The summed E-state index contributed by atoms with van der Waals surface area (Å²) >= 11 is 0. The fourth-order valence-corrected chi connectivity index (χ4v) is 3.62. The van der Waals surface area contributed by atoms with Crippen molar-refractivity contribution in [1.29, 1.82) is 0 Å². The lowest BCUT2D eigenvalue weighted by Gasteiger charge is -2.20. The van der Waals surface area contributed by atoms with Crippen molar-refractivity contribution in [3.8, 4) is 17.2 Å². The van der Waals surface area contributed by atoms with Crippen molar-refractivity contribution in [2.24, 2.45) is 10.9 Å². The van der Waals surface area contributed by atoms with Gasteiger partial charge in [0.1, 0.15) is 5.75 Å². The van der Waals surface area contributed by atoms with E-state index in [0.29, 0.717) is 18.3 Å². The predicted molar refractivity (Wildman–Crippen MR) is 138 cm³/mol. The van der Waals surface area contributed by atoms with Gasteiger partial charge in [0.25, 0.3) is 0 Å². The van der Waals surface area contributed by atoms with E-state index in [2.05, 4.69) is 32.7 Å². The number of nitrogens with zero attached hydrogens (tertiary/aromatic N) is 2. The molecule has 0 radical (unpaired) electrons. The Balaban J connectivity index is 0.00000341. The topological polar surface area (TPSA) is 67.4 Å². The molecule has 8 heteroatoms. The van der Waals surface area contributed by atoms with Crippen molar-refractivity contribution in [1.82, 2.24) is 5.32 Å². The second-order valence-corrected chi connectivity index (χ2v) is 7.18. The van der Waals surface area contributed by atoms with Crippen molar-refractivity contribution < 1.29 is 14.2 Å². The zero-order valence-corrected chi connectivity index (χ0v) is 21.0. The minimum absolute atomic E-state index is 0. The van der Waals surface area contributed by atoms with Crippen molar-refractivity contribution in [3.05, 3.63) is 42.5 Å².